The van der Waals surface area contributed by atoms with E-state index in [0.29, 0.717) is 5.82 Å². The van der Waals surface area contributed by atoms with Gasteiger partial charge in [0.25, 0.3) is 0 Å². The maximum Gasteiger partial charge on any atom is 0.243 e. The molecule has 0 radical (unpaired) electrons. The van der Waals surface area contributed by atoms with Gasteiger partial charge in [-0.2, -0.15) is 4.98 Å². The Bertz CT molecular complexity index is 500. The second kappa shape index (κ2) is 4.19. The van der Waals surface area contributed by atoms with Gasteiger partial charge in [0.05, 0.1) is 6.21 Å². The van der Waals surface area contributed by atoms with Crippen LogP contribution in [0.1, 0.15) is 5.82 Å². The Morgan fingerprint density at radius 1 is 1.50 bits per heavy atom. The molecule has 2 heterocycles. The van der Waals surface area contributed by atoms with Gasteiger partial charge in [-0.15, -0.1) is 12.6 Å². The number of nitrogen functional groups attached to an aromatic ring is 1. The third-order valence-electron chi connectivity index (χ3n) is 1.72. The monoisotopic (exact) mass is 236 g/mol. The van der Waals surface area contributed by atoms with Crippen molar-refractivity contribution in [1.29, 1.82) is 0 Å². The summed E-state index contributed by atoms with van der Waals surface area (Å²) < 4.78 is 0. The van der Waals surface area contributed by atoms with Crippen LogP contribution in [0.25, 0.3) is 0 Å². The molecule has 0 aliphatic rings. The summed E-state index contributed by atoms with van der Waals surface area (Å²) in [7, 11) is 0. The van der Waals surface area contributed by atoms with Gasteiger partial charge in [0.15, 0.2) is 16.7 Å². The van der Waals surface area contributed by atoms with Crippen molar-refractivity contribution in [3.63, 3.8) is 0 Å². The third kappa shape index (κ3) is 2.11. The van der Waals surface area contributed by atoms with Crippen molar-refractivity contribution in [2.24, 2.45) is 4.99 Å². The van der Waals surface area contributed by atoms with E-state index in [1.54, 1.807) is 12.4 Å². The van der Waals surface area contributed by atoms with Crippen molar-refractivity contribution < 1.29 is 5.11 Å². The number of aromatic amines is 1. The molecule has 7 nitrogen and oxygen atoms in total. The molecule has 0 aliphatic carbocycles. The molecule has 2 aromatic rings. The van der Waals surface area contributed by atoms with Crippen LogP contribution in [0.15, 0.2) is 22.5 Å². The summed E-state index contributed by atoms with van der Waals surface area (Å²) in [5, 5.41) is 9.57. The molecule has 0 saturated carbocycles. The summed E-state index contributed by atoms with van der Waals surface area (Å²) in [4.78, 5) is 18.1. The van der Waals surface area contributed by atoms with E-state index < -0.39 is 0 Å². The van der Waals surface area contributed by atoms with Crippen LogP contribution in [0.3, 0.4) is 0 Å². The van der Waals surface area contributed by atoms with E-state index in [1.165, 1.54) is 6.21 Å². The molecule has 82 valence electrons. The first-order chi connectivity index (χ1) is 7.66. The highest BCUT2D eigenvalue weighted by molar-refractivity contribution is 7.80. The van der Waals surface area contributed by atoms with E-state index in [4.69, 9.17) is 5.73 Å². The van der Waals surface area contributed by atoms with Crippen LogP contribution in [0.4, 0.5) is 11.5 Å². The Kier molecular flexibility index (Phi) is 2.73. The Balaban J connectivity index is 2.35. The second-order valence-corrected chi connectivity index (χ2v) is 3.21. The number of anilines is 1. The fraction of sp³-hybridized carbons (Fsp3) is 0. The van der Waals surface area contributed by atoms with Crippen LogP contribution in [0.5, 0.6) is 5.88 Å². The number of aromatic hydroxyl groups is 1. The predicted octanol–water partition coefficient (Wildman–Crippen LogP) is 0.527. The molecule has 0 saturated heterocycles. The minimum Gasteiger partial charge on any atom is -0.492 e. The first kappa shape index (κ1) is 10.4. The Morgan fingerprint density at radius 3 is 2.94 bits per heavy atom. The number of hydrogen-bond donors (Lipinski definition) is 4. The highest BCUT2D eigenvalue weighted by Crippen LogP contribution is 2.29. The number of rotatable bonds is 2. The molecule has 2 aromatic heterocycles. The molecular formula is C8H8N6OS. The minimum absolute atomic E-state index is 0.0558. The van der Waals surface area contributed by atoms with Gasteiger partial charge in [-0.1, -0.05) is 0 Å². The van der Waals surface area contributed by atoms with Crippen LogP contribution in [0, 0.1) is 0 Å². The average Bonchev–Trinajstić information content (AvgIpc) is 2.68. The molecule has 0 aromatic carbocycles. The van der Waals surface area contributed by atoms with E-state index in [9.17, 15) is 5.11 Å². The van der Waals surface area contributed by atoms with Crippen molar-refractivity contribution >= 4 is 30.3 Å². The molecular weight excluding hydrogens is 228 g/mol. The fourth-order valence-electron chi connectivity index (χ4n) is 1.05. The van der Waals surface area contributed by atoms with Gasteiger partial charge in [-0.3, -0.25) is 0 Å². The SMILES string of the molecule is Nc1nc(S)nc(O)c1N=Cc1ncc[nH]1. The van der Waals surface area contributed by atoms with Gasteiger partial charge in [0, 0.05) is 12.4 Å². The van der Waals surface area contributed by atoms with E-state index in [-0.39, 0.29) is 22.5 Å². The van der Waals surface area contributed by atoms with Gasteiger partial charge < -0.3 is 15.8 Å². The average molecular weight is 236 g/mol. The summed E-state index contributed by atoms with van der Waals surface area (Å²) in [6.45, 7) is 0. The lowest BCUT2D eigenvalue weighted by atomic mass is 10.4. The number of hydrogen-bond acceptors (Lipinski definition) is 7. The van der Waals surface area contributed by atoms with Gasteiger partial charge in [0.1, 0.15) is 5.82 Å². The van der Waals surface area contributed by atoms with Crippen LogP contribution < -0.4 is 5.73 Å². The number of thiol groups is 1. The molecule has 0 bridgehead atoms. The van der Waals surface area contributed by atoms with E-state index in [0.717, 1.165) is 0 Å². The first-order valence-electron chi connectivity index (χ1n) is 4.25. The number of aromatic nitrogens is 4. The Hall–Kier alpha value is -2.09. The zero-order valence-electron chi connectivity index (χ0n) is 7.99. The van der Waals surface area contributed by atoms with E-state index in [1.807, 2.05) is 0 Å². The highest BCUT2D eigenvalue weighted by Gasteiger charge is 2.08. The van der Waals surface area contributed by atoms with Crippen molar-refractivity contribution in [3.8, 4) is 5.88 Å². The normalized spacial score (nSPS) is 11.1. The number of nitrogens with zero attached hydrogens (tertiary/aromatic N) is 4. The molecule has 2 rings (SSSR count). The first-order valence-corrected chi connectivity index (χ1v) is 4.70. The number of nitrogens with one attached hydrogen (secondary N) is 1. The molecule has 4 N–H and O–H groups in total. The minimum atomic E-state index is -0.319. The van der Waals surface area contributed by atoms with Crippen LogP contribution in [-0.4, -0.2) is 31.3 Å². The maximum absolute atomic E-state index is 9.48. The third-order valence-corrected chi connectivity index (χ3v) is 1.92. The molecule has 0 aliphatic heterocycles. The molecule has 0 atom stereocenters. The van der Waals surface area contributed by atoms with Crippen molar-refractivity contribution in [2.45, 2.75) is 5.16 Å². The van der Waals surface area contributed by atoms with E-state index >= 15 is 0 Å². The number of aliphatic imine (C=N–C) groups is 1. The largest absolute Gasteiger partial charge is 0.492 e. The van der Waals surface area contributed by atoms with Crippen molar-refractivity contribution in [1.82, 2.24) is 19.9 Å². The quantitative estimate of drug-likeness (QED) is 0.345. The highest BCUT2D eigenvalue weighted by atomic mass is 32.1. The molecule has 0 amide bonds. The predicted molar refractivity (Wildman–Crippen MR) is 61.2 cm³/mol. The molecule has 8 heteroatoms. The van der Waals surface area contributed by atoms with Crippen molar-refractivity contribution in [3.05, 3.63) is 18.2 Å². The van der Waals surface area contributed by atoms with Crippen LogP contribution >= 0.6 is 12.6 Å². The van der Waals surface area contributed by atoms with Crippen molar-refractivity contribution in [2.75, 3.05) is 5.73 Å². The summed E-state index contributed by atoms with van der Waals surface area (Å²) in [5.41, 5.74) is 5.65. The standard InChI is InChI=1S/C8H8N6OS/c9-6-5(7(15)14-8(16)13-6)12-3-4-10-1-2-11-4/h1-3H,(H,10,11)(H4,9,13,14,15,16). The summed E-state index contributed by atoms with van der Waals surface area (Å²) in [6.07, 6.45) is 4.64. The van der Waals surface area contributed by atoms with Crippen LogP contribution in [0.2, 0.25) is 0 Å². The maximum atomic E-state index is 9.48. The number of H-pyrrole nitrogens is 1. The lowest BCUT2D eigenvalue weighted by molar-refractivity contribution is 0.448. The lowest BCUT2D eigenvalue weighted by Gasteiger charge is -2.01. The molecule has 0 spiro atoms. The number of imidazole rings is 1. The van der Waals surface area contributed by atoms with Gasteiger partial charge in [0.2, 0.25) is 5.88 Å². The summed E-state index contributed by atoms with van der Waals surface area (Å²) >= 11 is 3.87. The summed E-state index contributed by atoms with van der Waals surface area (Å²) in [5.74, 6) is 0.273. The molecule has 0 unspecified atom stereocenters. The Morgan fingerprint density at radius 2 is 2.31 bits per heavy atom. The lowest BCUT2D eigenvalue weighted by Crippen LogP contribution is -1.95. The topological polar surface area (TPSA) is 113 Å². The van der Waals surface area contributed by atoms with Gasteiger partial charge >= 0.3 is 0 Å². The van der Waals surface area contributed by atoms with Crippen LogP contribution in [-0.2, 0) is 0 Å². The smallest absolute Gasteiger partial charge is 0.243 e. The molecule has 16 heavy (non-hydrogen) atoms. The zero-order chi connectivity index (χ0) is 11.5. The fourth-order valence-corrected chi connectivity index (χ4v) is 1.25. The summed E-state index contributed by atoms with van der Waals surface area (Å²) in [6, 6.07) is 0. The van der Waals surface area contributed by atoms with Gasteiger partial charge in [-0.25, -0.2) is 15.0 Å². The Labute approximate surface area is 95.9 Å². The van der Waals surface area contributed by atoms with Gasteiger partial charge in [-0.05, 0) is 0 Å². The molecule has 0 fully saturated rings. The second-order valence-electron chi connectivity index (χ2n) is 2.81. The van der Waals surface area contributed by atoms with E-state index in [2.05, 4.69) is 37.6 Å². The number of nitrogens with two attached hydrogens (primary N) is 1. The zero-order valence-corrected chi connectivity index (χ0v) is 8.89.